The third-order valence-electron chi connectivity index (χ3n) is 14.9. The predicted octanol–water partition coefficient (Wildman–Crippen LogP) is 17.4. The topological polar surface area (TPSA) is 4.93 Å². The Balaban J connectivity index is 0.844. The van der Waals surface area contributed by atoms with Crippen molar-refractivity contribution in [3.8, 4) is 50.2 Å². The molecule has 0 saturated carbocycles. The van der Waals surface area contributed by atoms with Gasteiger partial charge in [-0.05, 0) is 170 Å². The molecule has 0 radical (unpaired) electrons. The Morgan fingerprint density at radius 1 is 0.354 bits per heavy atom. The normalized spacial score (nSPS) is 13.4. The van der Waals surface area contributed by atoms with Gasteiger partial charge >= 0.3 is 0 Å². The highest BCUT2D eigenvalue weighted by Crippen LogP contribution is 2.46. The van der Waals surface area contributed by atoms with E-state index in [2.05, 4.69) is 217 Å². The average molecular weight is 822 g/mol. The lowest BCUT2D eigenvalue weighted by molar-refractivity contribution is 1.18. The molecule has 65 heavy (non-hydrogen) atoms. The SMILES string of the molecule is C1=Cc2ccc3c(-c4ccc(-c5cc6ccc7cc(-c8ccc(-c9ccc%10ccc%11cccc%12ccc9c%10c%11%12)cc8)cc8c7c6c(c5)n8-c5ccccc5)cc4)ccc4c3c2C(=CC4)C1. The molecule has 0 aliphatic heterocycles. The molecule has 13 aromatic rings. The molecular weight excluding hydrogens is 783 g/mol. The molecule has 12 aromatic carbocycles. The van der Waals surface area contributed by atoms with E-state index in [1.807, 2.05) is 0 Å². The third-order valence-corrected chi connectivity index (χ3v) is 14.9. The van der Waals surface area contributed by atoms with Crippen molar-refractivity contribution in [1.82, 2.24) is 4.57 Å². The summed E-state index contributed by atoms with van der Waals surface area (Å²) in [6.45, 7) is 0. The Morgan fingerprint density at radius 2 is 0.908 bits per heavy atom. The number of para-hydroxylation sites is 1. The number of nitrogens with zero attached hydrogens (tertiary/aromatic N) is 1. The lowest BCUT2D eigenvalue weighted by Gasteiger charge is -2.24. The standard InChI is InChI=1S/C64H39N/c1-2-10-52(11-3-1)65-57-36-50(38-12-16-40(17-13-38)53-30-26-46-22-20-42-6-4-8-44-28-32-55(53)61(46)59(42)44)34-48-24-25-49-35-51(37-58(65)64(49)63(48)57)39-14-18-41(19-15-39)54-31-27-47-23-21-43-7-5-9-45-29-33-56(54)62(47)60(43)45/h1-6,8-22,24-37H,7,23H2. The van der Waals surface area contributed by atoms with E-state index in [1.165, 1.54) is 148 Å². The Kier molecular flexibility index (Phi) is 7.12. The summed E-state index contributed by atoms with van der Waals surface area (Å²) >= 11 is 0. The summed E-state index contributed by atoms with van der Waals surface area (Å²) in [5, 5.41) is 15.9. The zero-order valence-corrected chi connectivity index (χ0v) is 35.6. The van der Waals surface area contributed by atoms with Crippen LogP contribution in [0.1, 0.15) is 23.1 Å². The minimum Gasteiger partial charge on any atom is -0.309 e. The molecule has 0 unspecified atom stereocenters. The van der Waals surface area contributed by atoms with Crippen molar-refractivity contribution in [3.63, 3.8) is 0 Å². The van der Waals surface area contributed by atoms with Crippen molar-refractivity contribution < 1.29 is 0 Å². The van der Waals surface area contributed by atoms with Crippen molar-refractivity contribution in [2.24, 2.45) is 0 Å². The van der Waals surface area contributed by atoms with Gasteiger partial charge in [0, 0.05) is 16.5 Å². The highest BCUT2D eigenvalue weighted by atomic mass is 15.0. The van der Waals surface area contributed by atoms with Crippen LogP contribution in [-0.4, -0.2) is 4.57 Å². The van der Waals surface area contributed by atoms with Gasteiger partial charge in [0.05, 0.1) is 11.0 Å². The molecule has 0 fully saturated rings. The molecule has 1 heteroatoms. The molecule has 15 rings (SSSR count). The van der Waals surface area contributed by atoms with Gasteiger partial charge in [-0.25, -0.2) is 0 Å². The maximum absolute atomic E-state index is 2.49. The van der Waals surface area contributed by atoms with E-state index in [-0.39, 0.29) is 0 Å². The molecule has 300 valence electrons. The molecule has 0 amide bonds. The van der Waals surface area contributed by atoms with Gasteiger partial charge in [0.1, 0.15) is 0 Å². The molecule has 1 aromatic heterocycles. The van der Waals surface area contributed by atoms with Crippen molar-refractivity contribution in [3.05, 3.63) is 223 Å². The number of hydrogen-bond acceptors (Lipinski definition) is 0. The zero-order chi connectivity index (χ0) is 42.3. The summed E-state index contributed by atoms with van der Waals surface area (Å²) in [4.78, 5) is 0. The number of hydrogen-bond donors (Lipinski definition) is 0. The third kappa shape index (κ3) is 5.04. The van der Waals surface area contributed by atoms with E-state index in [4.69, 9.17) is 0 Å². The summed E-state index contributed by atoms with van der Waals surface area (Å²) in [5.41, 5.74) is 19.3. The molecule has 0 bridgehead atoms. The van der Waals surface area contributed by atoms with Crippen LogP contribution >= 0.6 is 0 Å². The van der Waals surface area contributed by atoms with Crippen LogP contribution in [0.5, 0.6) is 0 Å². The summed E-state index contributed by atoms with van der Waals surface area (Å²) in [6.07, 6.45) is 9.07. The molecule has 2 aliphatic carbocycles. The second kappa shape index (κ2) is 13.1. The van der Waals surface area contributed by atoms with Crippen LogP contribution in [-0.2, 0) is 6.42 Å². The Bertz CT molecular complexity index is 4160. The maximum Gasteiger partial charge on any atom is 0.0553 e. The van der Waals surface area contributed by atoms with Crippen LogP contribution in [0.2, 0.25) is 0 Å². The minimum atomic E-state index is 1.01. The van der Waals surface area contributed by atoms with Crippen LogP contribution < -0.4 is 0 Å². The van der Waals surface area contributed by atoms with Crippen LogP contribution in [0.3, 0.4) is 0 Å². The number of rotatable bonds is 5. The van der Waals surface area contributed by atoms with E-state index in [0.717, 1.165) is 12.8 Å². The molecule has 1 heterocycles. The van der Waals surface area contributed by atoms with Gasteiger partial charge < -0.3 is 4.57 Å². The fraction of sp³-hybridized carbons (Fsp3) is 0.0312. The second-order valence-electron chi connectivity index (χ2n) is 18.3. The molecular formula is C64H39N. The molecule has 0 atom stereocenters. The average Bonchev–Trinajstić information content (AvgIpc) is 3.71. The first-order chi connectivity index (χ1) is 32.2. The fourth-order valence-electron chi connectivity index (χ4n) is 11.9. The lowest BCUT2D eigenvalue weighted by atomic mass is 9.80. The first kappa shape index (κ1) is 35.2. The van der Waals surface area contributed by atoms with Crippen molar-refractivity contribution >= 4 is 87.3 Å². The van der Waals surface area contributed by atoms with Crippen molar-refractivity contribution in [1.29, 1.82) is 0 Å². The van der Waals surface area contributed by atoms with E-state index >= 15 is 0 Å². The number of aromatic nitrogens is 1. The summed E-state index contributed by atoms with van der Waals surface area (Å²) in [6, 6.07) is 73.3. The van der Waals surface area contributed by atoms with Crippen LogP contribution in [0.25, 0.3) is 138 Å². The highest BCUT2D eigenvalue weighted by Gasteiger charge is 2.23. The van der Waals surface area contributed by atoms with Gasteiger partial charge in [-0.2, -0.15) is 0 Å². The molecule has 0 spiro atoms. The van der Waals surface area contributed by atoms with Crippen LogP contribution in [0.4, 0.5) is 0 Å². The first-order valence-corrected chi connectivity index (χ1v) is 22.9. The van der Waals surface area contributed by atoms with Gasteiger partial charge in [0.15, 0.2) is 0 Å². The molecule has 2 aliphatic rings. The maximum atomic E-state index is 2.49. The van der Waals surface area contributed by atoms with Crippen LogP contribution in [0.15, 0.2) is 206 Å². The number of allylic oxidation sites excluding steroid dienone is 3. The quantitative estimate of drug-likeness (QED) is 0.152. The summed E-state index contributed by atoms with van der Waals surface area (Å²) < 4.78 is 2.49. The van der Waals surface area contributed by atoms with Gasteiger partial charge in [-0.1, -0.05) is 176 Å². The monoisotopic (exact) mass is 821 g/mol. The Labute approximate surface area is 376 Å². The van der Waals surface area contributed by atoms with Gasteiger partial charge in [-0.3, -0.25) is 0 Å². The largest absolute Gasteiger partial charge is 0.309 e. The van der Waals surface area contributed by atoms with E-state index < -0.39 is 0 Å². The second-order valence-corrected chi connectivity index (χ2v) is 18.3. The number of benzene rings is 12. The van der Waals surface area contributed by atoms with Crippen molar-refractivity contribution in [2.45, 2.75) is 12.8 Å². The van der Waals surface area contributed by atoms with Crippen LogP contribution in [0, 0.1) is 0 Å². The molecule has 1 nitrogen and oxygen atoms in total. The highest BCUT2D eigenvalue weighted by molar-refractivity contribution is 6.27. The predicted molar refractivity (Wildman–Crippen MR) is 278 cm³/mol. The molecule has 0 N–H and O–H groups in total. The summed E-state index contributed by atoms with van der Waals surface area (Å²) in [5.74, 6) is 0. The van der Waals surface area contributed by atoms with Gasteiger partial charge in [-0.15, -0.1) is 0 Å². The van der Waals surface area contributed by atoms with E-state index in [1.54, 1.807) is 0 Å². The first-order valence-electron chi connectivity index (χ1n) is 22.9. The smallest absolute Gasteiger partial charge is 0.0553 e. The van der Waals surface area contributed by atoms with Gasteiger partial charge in [0.2, 0.25) is 0 Å². The fourth-order valence-corrected chi connectivity index (χ4v) is 11.9. The van der Waals surface area contributed by atoms with E-state index in [0.29, 0.717) is 0 Å². The Morgan fingerprint density at radius 3 is 1.58 bits per heavy atom. The molecule has 0 saturated heterocycles. The van der Waals surface area contributed by atoms with Gasteiger partial charge in [0.25, 0.3) is 0 Å². The summed E-state index contributed by atoms with van der Waals surface area (Å²) in [7, 11) is 0. The minimum absolute atomic E-state index is 1.01. The Hall–Kier alpha value is -8.26. The zero-order valence-electron chi connectivity index (χ0n) is 35.6. The van der Waals surface area contributed by atoms with E-state index in [9.17, 15) is 0 Å². The lowest BCUT2D eigenvalue weighted by Crippen LogP contribution is -2.03. The van der Waals surface area contributed by atoms with Crippen molar-refractivity contribution in [2.75, 3.05) is 0 Å².